The van der Waals surface area contributed by atoms with Crippen LogP contribution in [0.3, 0.4) is 0 Å². The molecule has 112 valence electrons. The van der Waals surface area contributed by atoms with Crippen molar-refractivity contribution in [3.05, 3.63) is 35.4 Å². The molecule has 2 N–H and O–H groups in total. The topological polar surface area (TPSA) is 26.0 Å². The lowest BCUT2D eigenvalue weighted by Crippen LogP contribution is -2.20. The number of rotatable bonds is 3. The molecule has 1 saturated carbocycles. The molecule has 4 heteroatoms. The zero-order valence-corrected chi connectivity index (χ0v) is 11.6. The van der Waals surface area contributed by atoms with E-state index in [1.54, 1.807) is 6.07 Å². The second-order valence-corrected chi connectivity index (χ2v) is 5.78. The maximum Gasteiger partial charge on any atom is 0.416 e. The van der Waals surface area contributed by atoms with Gasteiger partial charge in [-0.25, -0.2) is 0 Å². The minimum atomic E-state index is -4.32. The summed E-state index contributed by atoms with van der Waals surface area (Å²) in [5, 5.41) is 0. The summed E-state index contributed by atoms with van der Waals surface area (Å²) >= 11 is 0. The molecule has 1 aliphatic carbocycles. The number of nitrogens with two attached hydrogens (primary N) is 1. The zero-order chi connectivity index (χ0) is 14.6. The van der Waals surface area contributed by atoms with Crippen LogP contribution < -0.4 is 5.73 Å². The van der Waals surface area contributed by atoms with Crippen molar-refractivity contribution in [2.24, 2.45) is 11.7 Å². The van der Waals surface area contributed by atoms with Gasteiger partial charge in [0.1, 0.15) is 0 Å². The van der Waals surface area contributed by atoms with Gasteiger partial charge in [0.25, 0.3) is 0 Å². The first-order chi connectivity index (χ1) is 9.48. The molecule has 0 radical (unpaired) electrons. The van der Waals surface area contributed by atoms with Crippen LogP contribution in [0.1, 0.15) is 62.1 Å². The lowest BCUT2D eigenvalue weighted by molar-refractivity contribution is -0.138. The lowest BCUT2D eigenvalue weighted by atomic mass is 9.88. The van der Waals surface area contributed by atoms with E-state index in [0.29, 0.717) is 12.3 Å². The van der Waals surface area contributed by atoms with Crippen molar-refractivity contribution in [2.45, 2.75) is 57.2 Å². The van der Waals surface area contributed by atoms with Crippen LogP contribution in [0.25, 0.3) is 0 Å². The average molecular weight is 285 g/mol. The summed E-state index contributed by atoms with van der Waals surface area (Å²) in [6, 6.07) is 5.19. The first kappa shape index (κ1) is 15.4. The fraction of sp³-hybridized carbons (Fsp3) is 0.625. The molecule has 1 aromatic carbocycles. The Balaban J connectivity index is 2.10. The van der Waals surface area contributed by atoms with Gasteiger partial charge in [-0.05, 0) is 24.0 Å². The Morgan fingerprint density at radius 2 is 1.65 bits per heavy atom. The SMILES string of the molecule is NC(CC1CCCCCC1)c1ccccc1C(F)(F)F. The van der Waals surface area contributed by atoms with Crippen LogP contribution in [0.4, 0.5) is 13.2 Å². The van der Waals surface area contributed by atoms with Crippen LogP contribution in [0.5, 0.6) is 0 Å². The summed E-state index contributed by atoms with van der Waals surface area (Å²) in [7, 11) is 0. The van der Waals surface area contributed by atoms with Crippen molar-refractivity contribution >= 4 is 0 Å². The maximum absolute atomic E-state index is 13.0. The van der Waals surface area contributed by atoms with Crippen molar-refractivity contribution in [3.8, 4) is 0 Å². The molecule has 1 nitrogen and oxygen atoms in total. The number of hydrogen-bond donors (Lipinski definition) is 1. The predicted octanol–water partition coefficient (Wildman–Crippen LogP) is 5.07. The Morgan fingerprint density at radius 1 is 1.05 bits per heavy atom. The third-order valence-corrected chi connectivity index (χ3v) is 4.23. The second kappa shape index (κ2) is 6.61. The monoisotopic (exact) mass is 285 g/mol. The number of hydrogen-bond acceptors (Lipinski definition) is 1. The Bertz CT molecular complexity index is 420. The second-order valence-electron chi connectivity index (χ2n) is 5.78. The molecule has 0 aromatic heterocycles. The Labute approximate surface area is 118 Å². The third-order valence-electron chi connectivity index (χ3n) is 4.23. The van der Waals surface area contributed by atoms with Gasteiger partial charge in [-0.2, -0.15) is 13.2 Å². The number of halogens is 3. The minimum absolute atomic E-state index is 0.240. The molecule has 1 fully saturated rings. The molecule has 0 heterocycles. The molecule has 0 saturated heterocycles. The van der Waals surface area contributed by atoms with Crippen LogP contribution >= 0.6 is 0 Å². The Kier molecular flexibility index (Phi) is 5.08. The van der Waals surface area contributed by atoms with Gasteiger partial charge in [0, 0.05) is 6.04 Å². The smallest absolute Gasteiger partial charge is 0.324 e. The summed E-state index contributed by atoms with van der Waals surface area (Å²) < 4.78 is 39.0. The highest BCUT2D eigenvalue weighted by Crippen LogP contribution is 2.37. The van der Waals surface area contributed by atoms with Crippen molar-refractivity contribution in [1.82, 2.24) is 0 Å². The summed E-state index contributed by atoms with van der Waals surface area (Å²) in [5.74, 6) is 0.466. The molecular formula is C16H22F3N. The Morgan fingerprint density at radius 3 is 2.25 bits per heavy atom. The molecule has 1 aliphatic rings. The first-order valence-electron chi connectivity index (χ1n) is 7.40. The fourth-order valence-electron chi connectivity index (χ4n) is 3.16. The molecule has 0 spiro atoms. The average Bonchev–Trinajstić information content (AvgIpc) is 2.66. The quantitative estimate of drug-likeness (QED) is 0.771. The lowest BCUT2D eigenvalue weighted by Gasteiger charge is -2.22. The van der Waals surface area contributed by atoms with E-state index in [1.807, 2.05) is 0 Å². The van der Waals surface area contributed by atoms with Gasteiger partial charge in [0.05, 0.1) is 5.56 Å². The summed E-state index contributed by atoms with van der Waals surface area (Å²) in [6.07, 6.45) is 3.38. The maximum atomic E-state index is 13.0. The molecule has 20 heavy (non-hydrogen) atoms. The van der Waals surface area contributed by atoms with Gasteiger partial charge in [-0.15, -0.1) is 0 Å². The highest BCUT2D eigenvalue weighted by atomic mass is 19.4. The van der Waals surface area contributed by atoms with Gasteiger partial charge < -0.3 is 5.73 Å². The zero-order valence-electron chi connectivity index (χ0n) is 11.6. The van der Waals surface area contributed by atoms with Crippen molar-refractivity contribution in [1.29, 1.82) is 0 Å². The van der Waals surface area contributed by atoms with E-state index >= 15 is 0 Å². The molecule has 0 amide bonds. The molecule has 0 aliphatic heterocycles. The molecule has 1 aromatic rings. The molecular weight excluding hydrogens is 263 g/mol. The van der Waals surface area contributed by atoms with Crippen LogP contribution in [-0.2, 0) is 6.18 Å². The number of alkyl halides is 3. The predicted molar refractivity (Wildman–Crippen MR) is 74.2 cm³/mol. The normalized spacial score (nSPS) is 19.6. The van der Waals surface area contributed by atoms with Crippen molar-refractivity contribution in [2.75, 3.05) is 0 Å². The van der Waals surface area contributed by atoms with E-state index in [2.05, 4.69) is 0 Å². The highest BCUT2D eigenvalue weighted by molar-refractivity contribution is 5.32. The van der Waals surface area contributed by atoms with E-state index < -0.39 is 17.8 Å². The van der Waals surface area contributed by atoms with E-state index in [-0.39, 0.29) is 5.56 Å². The third kappa shape index (κ3) is 3.98. The summed E-state index contributed by atoms with van der Waals surface area (Å²) in [4.78, 5) is 0. The van der Waals surface area contributed by atoms with Crippen LogP contribution in [0, 0.1) is 5.92 Å². The van der Waals surface area contributed by atoms with Gasteiger partial charge in [0.15, 0.2) is 0 Å². The van der Waals surface area contributed by atoms with Crippen LogP contribution in [0.15, 0.2) is 24.3 Å². The molecule has 0 bridgehead atoms. The minimum Gasteiger partial charge on any atom is -0.324 e. The van der Waals surface area contributed by atoms with Crippen molar-refractivity contribution in [3.63, 3.8) is 0 Å². The van der Waals surface area contributed by atoms with E-state index in [0.717, 1.165) is 18.9 Å². The number of benzene rings is 1. The summed E-state index contributed by atoms with van der Waals surface area (Å²) in [5.41, 5.74) is 5.73. The van der Waals surface area contributed by atoms with Crippen LogP contribution in [0.2, 0.25) is 0 Å². The van der Waals surface area contributed by atoms with Gasteiger partial charge in [-0.3, -0.25) is 0 Å². The van der Waals surface area contributed by atoms with E-state index in [1.165, 1.54) is 37.8 Å². The standard InChI is InChI=1S/C16H22F3N/c17-16(18,19)14-10-6-5-9-13(14)15(20)11-12-7-3-1-2-4-8-12/h5-6,9-10,12,15H,1-4,7-8,11,20H2. The highest BCUT2D eigenvalue weighted by Gasteiger charge is 2.34. The van der Waals surface area contributed by atoms with Gasteiger partial charge >= 0.3 is 6.18 Å². The van der Waals surface area contributed by atoms with Gasteiger partial charge in [0.2, 0.25) is 0 Å². The van der Waals surface area contributed by atoms with Crippen LogP contribution in [-0.4, -0.2) is 0 Å². The molecule has 1 atom stereocenters. The fourth-order valence-corrected chi connectivity index (χ4v) is 3.16. The molecule has 2 rings (SSSR count). The Hall–Kier alpha value is -1.03. The largest absolute Gasteiger partial charge is 0.416 e. The van der Waals surface area contributed by atoms with E-state index in [9.17, 15) is 13.2 Å². The van der Waals surface area contributed by atoms with E-state index in [4.69, 9.17) is 5.73 Å². The molecule has 1 unspecified atom stereocenters. The first-order valence-corrected chi connectivity index (χ1v) is 7.40. The van der Waals surface area contributed by atoms with Gasteiger partial charge in [-0.1, -0.05) is 56.7 Å². The van der Waals surface area contributed by atoms with Crippen molar-refractivity contribution < 1.29 is 13.2 Å². The summed E-state index contributed by atoms with van der Waals surface area (Å²) in [6.45, 7) is 0.